The third kappa shape index (κ3) is 5.71. The number of benzene rings is 3. The molecule has 3 aromatic rings. The predicted octanol–water partition coefficient (Wildman–Crippen LogP) is 3.40. The maximum absolute atomic E-state index is 12.8. The number of carbonyl (C=O) groups is 2. The van der Waals surface area contributed by atoms with Crippen molar-refractivity contribution in [1.82, 2.24) is 5.32 Å². The predicted molar refractivity (Wildman–Crippen MR) is 123 cm³/mol. The summed E-state index contributed by atoms with van der Waals surface area (Å²) < 4.78 is 28.0. The number of rotatable bonds is 8. The van der Waals surface area contributed by atoms with E-state index in [1.807, 2.05) is 0 Å². The van der Waals surface area contributed by atoms with Crippen molar-refractivity contribution >= 4 is 38.9 Å². The lowest BCUT2D eigenvalue weighted by molar-refractivity contribution is -0.383. The first-order valence-corrected chi connectivity index (χ1v) is 11.3. The SMILES string of the molecule is CCNC(=O)c1ccc(NS(=O)(=O)c2cccc(C(=O)Nc3ccccc3[N+](=O)[O-])c2)cc1. The van der Waals surface area contributed by atoms with Gasteiger partial charge in [0, 0.05) is 29.4 Å². The highest BCUT2D eigenvalue weighted by molar-refractivity contribution is 7.92. The number of nitro groups is 1. The Hall–Kier alpha value is -4.25. The van der Waals surface area contributed by atoms with E-state index in [0.717, 1.165) is 6.07 Å². The topological polar surface area (TPSA) is 148 Å². The van der Waals surface area contributed by atoms with E-state index in [0.29, 0.717) is 12.1 Å². The fraction of sp³-hybridized carbons (Fsp3) is 0.0909. The van der Waals surface area contributed by atoms with E-state index in [9.17, 15) is 28.1 Å². The van der Waals surface area contributed by atoms with E-state index in [-0.39, 0.29) is 33.4 Å². The van der Waals surface area contributed by atoms with Gasteiger partial charge in [0.1, 0.15) is 5.69 Å². The second-order valence-corrected chi connectivity index (χ2v) is 8.48. The summed E-state index contributed by atoms with van der Waals surface area (Å²) in [6.45, 7) is 2.25. The molecule has 0 radical (unpaired) electrons. The number of sulfonamides is 1. The number of anilines is 2. The van der Waals surface area contributed by atoms with Crippen molar-refractivity contribution in [2.75, 3.05) is 16.6 Å². The Morgan fingerprint density at radius 1 is 0.909 bits per heavy atom. The van der Waals surface area contributed by atoms with E-state index < -0.39 is 20.9 Å². The molecule has 0 aromatic heterocycles. The van der Waals surface area contributed by atoms with E-state index in [1.165, 1.54) is 66.7 Å². The van der Waals surface area contributed by atoms with Gasteiger partial charge in [0.2, 0.25) is 0 Å². The van der Waals surface area contributed by atoms with Gasteiger partial charge in [-0.15, -0.1) is 0 Å². The molecular weight excluding hydrogens is 448 g/mol. The van der Waals surface area contributed by atoms with Crippen molar-refractivity contribution in [3.05, 3.63) is 94.0 Å². The molecular formula is C22H20N4O6S. The molecule has 0 aliphatic heterocycles. The molecule has 170 valence electrons. The van der Waals surface area contributed by atoms with Crippen LogP contribution >= 0.6 is 0 Å². The molecule has 3 aromatic carbocycles. The van der Waals surface area contributed by atoms with Crippen LogP contribution in [0.5, 0.6) is 0 Å². The average Bonchev–Trinajstić information content (AvgIpc) is 2.80. The highest BCUT2D eigenvalue weighted by Crippen LogP contribution is 2.24. The number of hydrogen-bond donors (Lipinski definition) is 3. The lowest BCUT2D eigenvalue weighted by Gasteiger charge is -2.11. The van der Waals surface area contributed by atoms with E-state index in [1.54, 1.807) is 6.92 Å². The first-order chi connectivity index (χ1) is 15.7. The number of nitro benzene ring substituents is 1. The Balaban J connectivity index is 1.79. The first-order valence-electron chi connectivity index (χ1n) is 9.77. The van der Waals surface area contributed by atoms with Gasteiger partial charge in [0.05, 0.1) is 9.82 Å². The van der Waals surface area contributed by atoms with E-state index in [4.69, 9.17) is 0 Å². The van der Waals surface area contributed by atoms with Crippen LogP contribution in [0.25, 0.3) is 0 Å². The van der Waals surface area contributed by atoms with Crippen molar-refractivity contribution in [2.24, 2.45) is 0 Å². The van der Waals surface area contributed by atoms with Crippen LogP contribution in [0.2, 0.25) is 0 Å². The Bertz CT molecular complexity index is 1310. The van der Waals surface area contributed by atoms with Crippen LogP contribution in [0, 0.1) is 10.1 Å². The zero-order valence-electron chi connectivity index (χ0n) is 17.4. The lowest BCUT2D eigenvalue weighted by atomic mass is 10.2. The number of nitrogens with zero attached hydrogens (tertiary/aromatic N) is 1. The maximum atomic E-state index is 12.8. The van der Waals surface area contributed by atoms with Crippen molar-refractivity contribution in [3.63, 3.8) is 0 Å². The molecule has 3 N–H and O–H groups in total. The maximum Gasteiger partial charge on any atom is 0.292 e. The molecule has 3 rings (SSSR count). The molecule has 0 atom stereocenters. The van der Waals surface area contributed by atoms with Crippen LogP contribution in [0.15, 0.2) is 77.7 Å². The zero-order chi connectivity index (χ0) is 24.0. The summed E-state index contributed by atoms with van der Waals surface area (Å²) >= 11 is 0. The Kier molecular flexibility index (Phi) is 7.04. The minimum atomic E-state index is -4.05. The highest BCUT2D eigenvalue weighted by atomic mass is 32.2. The molecule has 0 saturated heterocycles. The van der Waals surface area contributed by atoms with E-state index in [2.05, 4.69) is 15.4 Å². The third-order valence-electron chi connectivity index (χ3n) is 4.49. The number of amides is 2. The van der Waals surface area contributed by atoms with Crippen molar-refractivity contribution < 1.29 is 22.9 Å². The van der Waals surface area contributed by atoms with Crippen LogP contribution in [0.1, 0.15) is 27.6 Å². The number of hydrogen-bond acceptors (Lipinski definition) is 6. The van der Waals surface area contributed by atoms with Crippen LogP contribution in [0.4, 0.5) is 17.1 Å². The third-order valence-corrected chi connectivity index (χ3v) is 5.87. The second kappa shape index (κ2) is 9.92. The van der Waals surface area contributed by atoms with Crippen LogP contribution < -0.4 is 15.4 Å². The largest absolute Gasteiger partial charge is 0.352 e. The molecule has 0 aliphatic carbocycles. The van der Waals surface area contributed by atoms with Gasteiger partial charge >= 0.3 is 0 Å². The molecule has 0 spiro atoms. The summed E-state index contributed by atoms with van der Waals surface area (Å²) in [5.74, 6) is -0.975. The summed E-state index contributed by atoms with van der Waals surface area (Å²) in [4.78, 5) is 34.8. The van der Waals surface area contributed by atoms with Crippen LogP contribution in [-0.4, -0.2) is 31.7 Å². The smallest absolute Gasteiger partial charge is 0.292 e. The fourth-order valence-electron chi connectivity index (χ4n) is 2.90. The zero-order valence-corrected chi connectivity index (χ0v) is 18.3. The van der Waals surface area contributed by atoms with Gasteiger partial charge in [0.25, 0.3) is 27.5 Å². The Morgan fingerprint density at radius 3 is 2.27 bits per heavy atom. The molecule has 0 heterocycles. The second-order valence-electron chi connectivity index (χ2n) is 6.80. The Morgan fingerprint density at radius 2 is 1.61 bits per heavy atom. The quantitative estimate of drug-likeness (QED) is 0.341. The number of para-hydroxylation sites is 2. The van der Waals surface area contributed by atoms with Crippen molar-refractivity contribution in [3.8, 4) is 0 Å². The summed E-state index contributed by atoms with van der Waals surface area (Å²) in [5.41, 5.74) is 0.326. The average molecular weight is 468 g/mol. The fourth-order valence-corrected chi connectivity index (χ4v) is 4.01. The minimum Gasteiger partial charge on any atom is -0.352 e. The molecule has 2 amide bonds. The summed E-state index contributed by atoms with van der Waals surface area (Å²) in [5, 5.41) is 16.2. The molecule has 33 heavy (non-hydrogen) atoms. The molecule has 0 saturated carbocycles. The van der Waals surface area contributed by atoms with Gasteiger partial charge < -0.3 is 10.6 Å². The van der Waals surface area contributed by atoms with Crippen molar-refractivity contribution in [1.29, 1.82) is 0 Å². The minimum absolute atomic E-state index is 0.00242. The lowest BCUT2D eigenvalue weighted by Crippen LogP contribution is -2.22. The summed E-state index contributed by atoms with van der Waals surface area (Å²) in [7, 11) is -4.05. The van der Waals surface area contributed by atoms with Crippen LogP contribution in [0.3, 0.4) is 0 Å². The molecule has 0 bridgehead atoms. The molecule has 0 aliphatic rings. The van der Waals surface area contributed by atoms with Gasteiger partial charge in [-0.1, -0.05) is 18.2 Å². The van der Waals surface area contributed by atoms with Crippen molar-refractivity contribution in [2.45, 2.75) is 11.8 Å². The van der Waals surface area contributed by atoms with Gasteiger partial charge in [-0.2, -0.15) is 0 Å². The Labute approximate surface area is 189 Å². The standard InChI is InChI=1S/C22H20N4O6S/c1-2-23-21(27)15-10-12-17(13-11-15)25-33(31,32)18-7-5-6-16(14-18)22(28)24-19-8-3-4-9-20(19)26(29)30/h3-14,25H,2H2,1H3,(H,23,27)(H,24,28). The number of nitrogens with one attached hydrogen (secondary N) is 3. The monoisotopic (exact) mass is 468 g/mol. The first kappa shape index (κ1) is 23.4. The van der Waals surface area contributed by atoms with Crippen LogP contribution in [-0.2, 0) is 10.0 Å². The van der Waals surface area contributed by atoms with Gasteiger partial charge in [-0.3, -0.25) is 24.4 Å². The summed E-state index contributed by atoms with van der Waals surface area (Å²) in [6, 6.07) is 16.8. The molecule has 0 unspecified atom stereocenters. The summed E-state index contributed by atoms with van der Waals surface area (Å²) in [6.07, 6.45) is 0. The van der Waals surface area contributed by atoms with Gasteiger partial charge in [-0.25, -0.2) is 8.42 Å². The molecule has 10 nitrogen and oxygen atoms in total. The van der Waals surface area contributed by atoms with Gasteiger partial charge in [0.15, 0.2) is 0 Å². The molecule has 0 fully saturated rings. The number of carbonyl (C=O) groups excluding carboxylic acids is 2. The highest BCUT2D eigenvalue weighted by Gasteiger charge is 2.19. The van der Waals surface area contributed by atoms with Gasteiger partial charge in [-0.05, 0) is 55.5 Å². The normalized spacial score (nSPS) is 10.8. The van der Waals surface area contributed by atoms with E-state index >= 15 is 0 Å². The molecule has 11 heteroatoms.